The molecule has 0 aliphatic carbocycles. The molecule has 1 aliphatic rings. The van der Waals surface area contributed by atoms with Gasteiger partial charge in [-0.2, -0.15) is 0 Å². The number of aromatic nitrogens is 2. The SMILES string of the molecule is COCc1cc2c(ccn2C(N)=O)cc1Oc1ccnc(NC(=O)c2ccc(C3CCNCC3)cc2)c1. The maximum atomic E-state index is 12.9. The molecule has 1 fully saturated rings. The van der Waals surface area contributed by atoms with Gasteiger partial charge in [0.15, 0.2) is 0 Å². The van der Waals surface area contributed by atoms with Crippen LogP contribution in [-0.4, -0.2) is 41.7 Å². The van der Waals surface area contributed by atoms with Gasteiger partial charge in [0.2, 0.25) is 0 Å². The summed E-state index contributed by atoms with van der Waals surface area (Å²) in [6, 6.07) is 16.0. The van der Waals surface area contributed by atoms with E-state index in [9.17, 15) is 9.59 Å². The number of nitrogens with zero attached hydrogens (tertiary/aromatic N) is 2. The van der Waals surface area contributed by atoms with Crippen LogP contribution in [0.2, 0.25) is 0 Å². The van der Waals surface area contributed by atoms with Crippen LogP contribution in [0.3, 0.4) is 0 Å². The van der Waals surface area contributed by atoms with Gasteiger partial charge in [-0.05, 0) is 73.8 Å². The van der Waals surface area contributed by atoms with Crippen LogP contribution < -0.4 is 21.1 Å². The van der Waals surface area contributed by atoms with Crippen molar-refractivity contribution < 1.29 is 19.1 Å². The molecular formula is C28H29N5O4. The first kappa shape index (κ1) is 24.5. The van der Waals surface area contributed by atoms with E-state index in [1.165, 1.54) is 10.1 Å². The van der Waals surface area contributed by atoms with Gasteiger partial charge in [0.05, 0.1) is 12.1 Å². The highest BCUT2D eigenvalue weighted by molar-refractivity contribution is 6.03. The van der Waals surface area contributed by atoms with E-state index >= 15 is 0 Å². The lowest BCUT2D eigenvalue weighted by Crippen LogP contribution is -2.26. The smallest absolute Gasteiger partial charge is 0.323 e. The molecule has 0 spiro atoms. The lowest BCUT2D eigenvalue weighted by Gasteiger charge is -2.23. The predicted molar refractivity (Wildman–Crippen MR) is 141 cm³/mol. The Hall–Kier alpha value is -4.21. The number of ether oxygens (including phenoxy) is 2. The van der Waals surface area contributed by atoms with Crippen LogP contribution in [0, 0.1) is 0 Å². The Kier molecular flexibility index (Phi) is 7.16. The third-order valence-corrected chi connectivity index (χ3v) is 6.59. The summed E-state index contributed by atoms with van der Waals surface area (Å²) in [7, 11) is 1.58. The second-order valence-corrected chi connectivity index (χ2v) is 9.05. The number of hydrogen-bond acceptors (Lipinski definition) is 6. The van der Waals surface area contributed by atoms with Crippen molar-refractivity contribution in [1.29, 1.82) is 0 Å². The fourth-order valence-corrected chi connectivity index (χ4v) is 4.68. The van der Waals surface area contributed by atoms with Gasteiger partial charge in [0, 0.05) is 42.1 Å². The quantitative estimate of drug-likeness (QED) is 0.341. The maximum Gasteiger partial charge on any atom is 0.323 e. The van der Waals surface area contributed by atoms with Crippen molar-refractivity contribution in [2.24, 2.45) is 5.73 Å². The number of anilines is 1. The van der Waals surface area contributed by atoms with E-state index in [0.29, 0.717) is 34.3 Å². The van der Waals surface area contributed by atoms with Crippen molar-refractivity contribution >= 4 is 28.7 Å². The number of nitrogens with one attached hydrogen (secondary N) is 2. The molecule has 1 saturated heterocycles. The van der Waals surface area contributed by atoms with Crippen molar-refractivity contribution in [3.63, 3.8) is 0 Å². The summed E-state index contributed by atoms with van der Waals surface area (Å²) >= 11 is 0. The lowest BCUT2D eigenvalue weighted by molar-refractivity contribution is 0.102. The average molecular weight is 500 g/mol. The summed E-state index contributed by atoms with van der Waals surface area (Å²) in [5, 5.41) is 7.02. The Bertz CT molecular complexity index is 1420. The van der Waals surface area contributed by atoms with E-state index in [0.717, 1.165) is 36.9 Å². The van der Waals surface area contributed by atoms with E-state index in [2.05, 4.69) is 15.6 Å². The molecule has 2 aromatic heterocycles. The predicted octanol–water partition coefficient (Wildman–Crippen LogP) is 4.62. The molecule has 0 bridgehead atoms. The average Bonchev–Trinajstić information content (AvgIpc) is 3.33. The number of piperidine rings is 1. The maximum absolute atomic E-state index is 12.9. The monoisotopic (exact) mass is 499 g/mol. The molecule has 0 unspecified atom stereocenters. The van der Waals surface area contributed by atoms with Crippen LogP contribution >= 0.6 is 0 Å². The summed E-state index contributed by atoms with van der Waals surface area (Å²) in [6.07, 6.45) is 5.41. The highest BCUT2D eigenvalue weighted by atomic mass is 16.5. The minimum Gasteiger partial charge on any atom is -0.457 e. The molecule has 9 nitrogen and oxygen atoms in total. The van der Waals surface area contributed by atoms with Crippen LogP contribution in [0.25, 0.3) is 10.9 Å². The van der Waals surface area contributed by atoms with Crippen molar-refractivity contribution in [1.82, 2.24) is 14.9 Å². The van der Waals surface area contributed by atoms with Gasteiger partial charge in [-0.1, -0.05) is 12.1 Å². The molecule has 190 valence electrons. The molecular weight excluding hydrogens is 470 g/mol. The number of fused-ring (bicyclic) bond motifs is 1. The number of carbonyl (C=O) groups excluding carboxylic acids is 2. The first-order chi connectivity index (χ1) is 18.0. The van der Waals surface area contributed by atoms with E-state index in [1.807, 2.05) is 36.4 Å². The summed E-state index contributed by atoms with van der Waals surface area (Å²) in [5.74, 6) is 1.73. The number of amides is 2. The molecule has 4 aromatic rings. The normalized spacial score (nSPS) is 14.0. The highest BCUT2D eigenvalue weighted by Crippen LogP contribution is 2.32. The molecule has 9 heteroatoms. The molecule has 3 heterocycles. The second-order valence-electron chi connectivity index (χ2n) is 9.05. The van der Waals surface area contributed by atoms with Gasteiger partial charge in [0.1, 0.15) is 17.3 Å². The van der Waals surface area contributed by atoms with E-state index < -0.39 is 6.03 Å². The minimum atomic E-state index is -0.567. The molecule has 5 rings (SSSR count). The van der Waals surface area contributed by atoms with Crippen molar-refractivity contribution in [2.75, 3.05) is 25.5 Å². The largest absolute Gasteiger partial charge is 0.457 e. The summed E-state index contributed by atoms with van der Waals surface area (Å²) in [4.78, 5) is 28.8. The van der Waals surface area contributed by atoms with Gasteiger partial charge in [-0.3, -0.25) is 9.36 Å². The van der Waals surface area contributed by atoms with Crippen molar-refractivity contribution in [3.05, 3.63) is 83.7 Å². The molecule has 0 saturated carbocycles. The Morgan fingerprint density at radius 2 is 1.89 bits per heavy atom. The molecule has 0 atom stereocenters. The zero-order valence-corrected chi connectivity index (χ0v) is 20.6. The number of pyridine rings is 1. The van der Waals surface area contributed by atoms with Crippen LogP contribution in [0.4, 0.5) is 10.6 Å². The van der Waals surface area contributed by atoms with Crippen LogP contribution in [0.15, 0.2) is 67.0 Å². The standard InChI is InChI=1S/C28H29N5O4/c1-36-17-22-14-24-21(9-13-33(24)28(29)35)15-25(22)37-23-8-12-31-26(16-23)32-27(34)20-4-2-18(3-5-20)19-6-10-30-11-7-19/h2-5,8-9,12-16,19,30H,6-7,10-11,17H2,1H3,(H2,29,35)(H,31,32,34). The van der Waals surface area contributed by atoms with E-state index in [4.69, 9.17) is 15.2 Å². The summed E-state index contributed by atoms with van der Waals surface area (Å²) in [5.41, 5.74) is 8.71. The zero-order chi connectivity index (χ0) is 25.8. The van der Waals surface area contributed by atoms with Gasteiger partial charge in [-0.25, -0.2) is 9.78 Å². The number of methoxy groups -OCH3 is 1. The van der Waals surface area contributed by atoms with Gasteiger partial charge in [0.25, 0.3) is 5.91 Å². The van der Waals surface area contributed by atoms with Gasteiger partial charge < -0.3 is 25.8 Å². The number of hydrogen-bond donors (Lipinski definition) is 3. The fourth-order valence-electron chi connectivity index (χ4n) is 4.68. The van der Waals surface area contributed by atoms with E-state index in [1.54, 1.807) is 37.7 Å². The Balaban J connectivity index is 1.32. The number of rotatable bonds is 7. The number of carbonyl (C=O) groups is 2. The summed E-state index contributed by atoms with van der Waals surface area (Å²) < 4.78 is 12.8. The molecule has 0 radical (unpaired) electrons. The third-order valence-electron chi connectivity index (χ3n) is 6.59. The van der Waals surface area contributed by atoms with Crippen LogP contribution in [0.5, 0.6) is 11.5 Å². The number of nitrogens with two attached hydrogens (primary N) is 1. The van der Waals surface area contributed by atoms with Crippen LogP contribution in [0.1, 0.15) is 40.2 Å². The lowest BCUT2D eigenvalue weighted by atomic mass is 9.90. The Labute approximate surface area is 214 Å². The Morgan fingerprint density at radius 1 is 1.11 bits per heavy atom. The summed E-state index contributed by atoms with van der Waals surface area (Å²) in [6.45, 7) is 2.33. The number of benzene rings is 2. The van der Waals surface area contributed by atoms with Crippen molar-refractivity contribution in [3.8, 4) is 11.5 Å². The fraction of sp³-hybridized carbons (Fsp3) is 0.250. The molecule has 2 amide bonds. The third kappa shape index (κ3) is 5.47. The molecule has 1 aliphatic heterocycles. The highest BCUT2D eigenvalue weighted by Gasteiger charge is 2.16. The molecule has 4 N–H and O–H groups in total. The topological polar surface area (TPSA) is 120 Å². The van der Waals surface area contributed by atoms with Crippen molar-refractivity contribution in [2.45, 2.75) is 25.4 Å². The zero-order valence-electron chi connectivity index (χ0n) is 20.6. The first-order valence-electron chi connectivity index (χ1n) is 12.2. The van der Waals surface area contributed by atoms with Gasteiger partial charge in [-0.15, -0.1) is 0 Å². The Morgan fingerprint density at radius 3 is 2.62 bits per heavy atom. The second kappa shape index (κ2) is 10.8. The molecule has 2 aromatic carbocycles. The van der Waals surface area contributed by atoms with Gasteiger partial charge >= 0.3 is 6.03 Å². The van der Waals surface area contributed by atoms with E-state index in [-0.39, 0.29) is 12.5 Å². The first-order valence-corrected chi connectivity index (χ1v) is 12.2. The molecule has 37 heavy (non-hydrogen) atoms. The van der Waals surface area contributed by atoms with Crippen LogP contribution in [-0.2, 0) is 11.3 Å². The number of primary amides is 1. The minimum absolute atomic E-state index is 0.240.